The number of anilines is 1. The summed E-state index contributed by atoms with van der Waals surface area (Å²) >= 11 is 4.65. The Balaban J connectivity index is 1.81. The molecule has 7 heteroatoms. The molecule has 5 nitrogen and oxygen atoms in total. The van der Waals surface area contributed by atoms with Gasteiger partial charge in [0, 0.05) is 6.61 Å². The predicted molar refractivity (Wildman–Crippen MR) is 61.2 cm³/mol. The highest BCUT2D eigenvalue weighted by Gasteiger charge is 2.17. The summed E-state index contributed by atoms with van der Waals surface area (Å²) in [6.07, 6.45) is 2.52. The maximum Gasteiger partial charge on any atom is 0.321 e. The Hall–Kier alpha value is -0.660. The summed E-state index contributed by atoms with van der Waals surface area (Å²) in [6, 6.07) is -0.110. The highest BCUT2D eigenvalue weighted by molar-refractivity contribution is 9.11. The number of nitrogens with one attached hydrogen (secondary N) is 2. The molecular weight excluding hydrogens is 282 g/mol. The first-order chi connectivity index (χ1) is 7.24. The van der Waals surface area contributed by atoms with Crippen molar-refractivity contribution in [2.45, 2.75) is 12.5 Å². The van der Waals surface area contributed by atoms with E-state index >= 15 is 0 Å². The number of hydrogen-bond donors (Lipinski definition) is 2. The van der Waals surface area contributed by atoms with E-state index in [4.69, 9.17) is 4.74 Å². The van der Waals surface area contributed by atoms with Crippen LogP contribution in [0, 0.1) is 0 Å². The highest BCUT2D eigenvalue weighted by atomic mass is 79.9. The molecule has 82 valence electrons. The van der Waals surface area contributed by atoms with Crippen LogP contribution in [0.15, 0.2) is 9.98 Å². The molecule has 1 unspecified atom stereocenters. The van der Waals surface area contributed by atoms with Crippen LogP contribution in [-0.2, 0) is 4.74 Å². The minimum Gasteiger partial charge on any atom is -0.379 e. The van der Waals surface area contributed by atoms with Crippen LogP contribution in [0.4, 0.5) is 9.93 Å². The number of aromatic nitrogens is 1. The van der Waals surface area contributed by atoms with Crippen LogP contribution < -0.4 is 10.6 Å². The van der Waals surface area contributed by atoms with Gasteiger partial charge in [0.05, 0.1) is 22.6 Å². The van der Waals surface area contributed by atoms with Crippen LogP contribution in [0.5, 0.6) is 0 Å². The fourth-order valence-corrected chi connectivity index (χ4v) is 2.38. The normalized spacial score (nSPS) is 20.2. The van der Waals surface area contributed by atoms with E-state index < -0.39 is 0 Å². The van der Waals surface area contributed by atoms with Crippen molar-refractivity contribution in [1.82, 2.24) is 10.3 Å². The lowest BCUT2D eigenvalue weighted by Gasteiger charge is -2.09. The van der Waals surface area contributed by atoms with Crippen molar-refractivity contribution in [3.05, 3.63) is 9.98 Å². The molecule has 1 aromatic rings. The van der Waals surface area contributed by atoms with Gasteiger partial charge >= 0.3 is 6.03 Å². The average Bonchev–Trinajstić information content (AvgIpc) is 2.77. The molecule has 2 heterocycles. The molecule has 0 saturated carbocycles. The second kappa shape index (κ2) is 4.91. The van der Waals surface area contributed by atoms with Crippen LogP contribution in [0.1, 0.15) is 6.42 Å². The molecule has 1 aliphatic heterocycles. The number of rotatable bonds is 2. The molecular formula is C8H10BrN3O2S. The van der Waals surface area contributed by atoms with Gasteiger partial charge in [0.25, 0.3) is 0 Å². The zero-order valence-electron chi connectivity index (χ0n) is 7.83. The number of hydrogen-bond acceptors (Lipinski definition) is 4. The van der Waals surface area contributed by atoms with Gasteiger partial charge < -0.3 is 10.1 Å². The molecule has 2 amide bonds. The largest absolute Gasteiger partial charge is 0.379 e. The zero-order valence-corrected chi connectivity index (χ0v) is 10.2. The molecule has 2 rings (SSSR count). The van der Waals surface area contributed by atoms with E-state index in [-0.39, 0.29) is 12.1 Å². The molecule has 0 bridgehead atoms. The molecule has 1 saturated heterocycles. The summed E-state index contributed by atoms with van der Waals surface area (Å²) in [7, 11) is 0. The number of carbonyl (C=O) groups is 1. The molecule has 0 aliphatic carbocycles. The average molecular weight is 292 g/mol. The maximum absolute atomic E-state index is 11.5. The first kappa shape index (κ1) is 10.8. The summed E-state index contributed by atoms with van der Waals surface area (Å²) in [5.74, 6) is 0. The molecule has 1 aromatic heterocycles. The third-order valence-corrected chi connectivity index (χ3v) is 3.35. The minimum atomic E-state index is -0.229. The van der Waals surface area contributed by atoms with Crippen LogP contribution in [0.2, 0.25) is 0 Å². The van der Waals surface area contributed by atoms with Crippen molar-refractivity contribution in [2.75, 3.05) is 18.5 Å². The van der Waals surface area contributed by atoms with Crippen LogP contribution in [0.25, 0.3) is 0 Å². The molecule has 1 atom stereocenters. The van der Waals surface area contributed by atoms with E-state index in [1.807, 2.05) is 0 Å². The van der Waals surface area contributed by atoms with Crippen molar-refractivity contribution in [1.29, 1.82) is 0 Å². The Kier molecular flexibility index (Phi) is 3.55. The Morgan fingerprint density at radius 3 is 3.20 bits per heavy atom. The second-order valence-corrected chi connectivity index (χ2v) is 5.54. The van der Waals surface area contributed by atoms with Gasteiger partial charge in [0.2, 0.25) is 0 Å². The van der Waals surface area contributed by atoms with Crippen molar-refractivity contribution in [3.8, 4) is 0 Å². The Morgan fingerprint density at radius 1 is 1.73 bits per heavy atom. The van der Waals surface area contributed by atoms with E-state index in [1.54, 1.807) is 6.20 Å². The van der Waals surface area contributed by atoms with Crippen molar-refractivity contribution in [3.63, 3.8) is 0 Å². The zero-order chi connectivity index (χ0) is 10.7. The van der Waals surface area contributed by atoms with Gasteiger partial charge in [-0.1, -0.05) is 11.3 Å². The third-order valence-electron chi connectivity index (χ3n) is 1.96. The van der Waals surface area contributed by atoms with E-state index in [0.717, 1.165) is 10.2 Å². The standard InChI is InChI=1S/C8H10BrN3O2S/c9-6-3-10-8(15-6)12-7(13)11-5-1-2-14-4-5/h3,5H,1-2,4H2,(H2,10,11,12,13). The molecule has 0 spiro atoms. The molecule has 1 aliphatic rings. The molecule has 1 fully saturated rings. The predicted octanol–water partition coefficient (Wildman–Crippen LogP) is 1.82. The fraction of sp³-hybridized carbons (Fsp3) is 0.500. The summed E-state index contributed by atoms with van der Waals surface area (Å²) in [5, 5.41) is 6.06. The molecule has 2 N–H and O–H groups in total. The Morgan fingerprint density at radius 2 is 2.60 bits per heavy atom. The number of urea groups is 1. The van der Waals surface area contributed by atoms with Gasteiger partial charge in [-0.3, -0.25) is 5.32 Å². The van der Waals surface area contributed by atoms with Gasteiger partial charge in [-0.05, 0) is 22.4 Å². The van der Waals surface area contributed by atoms with Crippen molar-refractivity contribution < 1.29 is 9.53 Å². The Bertz CT molecular complexity index is 351. The maximum atomic E-state index is 11.5. The van der Waals surface area contributed by atoms with Crippen LogP contribution in [0.3, 0.4) is 0 Å². The Labute approximate surface area is 99.4 Å². The lowest BCUT2D eigenvalue weighted by atomic mass is 10.3. The number of thiazole rings is 1. The van der Waals surface area contributed by atoms with Gasteiger partial charge in [-0.2, -0.15) is 0 Å². The number of ether oxygens (including phenoxy) is 1. The molecule has 0 aromatic carbocycles. The van der Waals surface area contributed by atoms with Gasteiger partial charge in [0.1, 0.15) is 0 Å². The van der Waals surface area contributed by atoms with E-state index in [2.05, 4.69) is 31.5 Å². The summed E-state index contributed by atoms with van der Waals surface area (Å²) in [5.41, 5.74) is 0. The first-order valence-corrected chi connectivity index (χ1v) is 6.11. The quantitative estimate of drug-likeness (QED) is 0.874. The number of nitrogens with zero attached hydrogens (tertiary/aromatic N) is 1. The van der Waals surface area contributed by atoms with Gasteiger partial charge in [-0.25, -0.2) is 9.78 Å². The first-order valence-electron chi connectivity index (χ1n) is 4.50. The topological polar surface area (TPSA) is 63.2 Å². The van der Waals surface area contributed by atoms with Crippen molar-refractivity contribution in [2.24, 2.45) is 0 Å². The van der Waals surface area contributed by atoms with E-state index in [0.29, 0.717) is 18.3 Å². The number of carbonyl (C=O) groups excluding carboxylic acids is 1. The van der Waals surface area contributed by atoms with E-state index in [1.165, 1.54) is 11.3 Å². The lowest BCUT2D eigenvalue weighted by Crippen LogP contribution is -2.38. The summed E-state index contributed by atoms with van der Waals surface area (Å²) in [4.78, 5) is 15.5. The minimum absolute atomic E-state index is 0.119. The monoisotopic (exact) mass is 291 g/mol. The van der Waals surface area contributed by atoms with Crippen LogP contribution in [-0.4, -0.2) is 30.3 Å². The second-order valence-electron chi connectivity index (χ2n) is 3.13. The lowest BCUT2D eigenvalue weighted by molar-refractivity contribution is 0.189. The number of halogens is 1. The molecule has 15 heavy (non-hydrogen) atoms. The summed E-state index contributed by atoms with van der Waals surface area (Å²) in [6.45, 7) is 1.31. The molecule has 0 radical (unpaired) electrons. The summed E-state index contributed by atoms with van der Waals surface area (Å²) < 4.78 is 6.04. The van der Waals surface area contributed by atoms with Gasteiger partial charge in [-0.15, -0.1) is 0 Å². The van der Waals surface area contributed by atoms with Crippen molar-refractivity contribution >= 4 is 38.4 Å². The van der Waals surface area contributed by atoms with E-state index in [9.17, 15) is 4.79 Å². The smallest absolute Gasteiger partial charge is 0.321 e. The fourth-order valence-electron chi connectivity index (χ4n) is 1.28. The highest BCUT2D eigenvalue weighted by Crippen LogP contribution is 2.22. The third kappa shape index (κ3) is 3.15. The van der Waals surface area contributed by atoms with Crippen LogP contribution >= 0.6 is 27.3 Å². The SMILES string of the molecule is O=C(Nc1ncc(Br)s1)NC1CCOC1. The number of amides is 2. The van der Waals surface area contributed by atoms with Gasteiger partial charge in [0.15, 0.2) is 5.13 Å².